The molecule has 1 aliphatic heterocycles. The quantitative estimate of drug-likeness (QED) is 0.321. The summed E-state index contributed by atoms with van der Waals surface area (Å²) in [6.45, 7) is 5.50. The van der Waals surface area contributed by atoms with Crippen LogP contribution in [-0.4, -0.2) is 54.2 Å². The number of benzene rings is 3. The lowest BCUT2D eigenvalue weighted by molar-refractivity contribution is 0.201. The number of rotatable bonds is 6. The van der Waals surface area contributed by atoms with Gasteiger partial charge < -0.3 is 9.64 Å². The number of hydrogen-bond acceptors (Lipinski definition) is 6. The average Bonchev–Trinajstić information content (AvgIpc) is 3.34. The van der Waals surface area contributed by atoms with Crippen molar-refractivity contribution in [1.29, 1.82) is 0 Å². The summed E-state index contributed by atoms with van der Waals surface area (Å²) in [6, 6.07) is 25.2. The molecular weight excluding hydrogens is 440 g/mol. The topological polar surface area (TPSA) is 41.5 Å². The molecule has 6 rings (SSSR count). The van der Waals surface area contributed by atoms with E-state index in [1.807, 2.05) is 0 Å². The fraction of sp³-hybridized carbons (Fsp3) is 0.214. The molecule has 0 bridgehead atoms. The number of piperazine rings is 1. The molecule has 1 saturated heterocycles. The summed E-state index contributed by atoms with van der Waals surface area (Å²) in [4.78, 5) is 15.2. The molecule has 0 aliphatic carbocycles. The van der Waals surface area contributed by atoms with Crippen LogP contribution < -0.4 is 9.64 Å². The molecule has 34 heavy (non-hydrogen) atoms. The number of nitrogens with zero attached hydrogens (tertiary/aromatic N) is 4. The number of anilines is 1. The maximum Gasteiger partial charge on any atom is 0.141 e. The molecule has 0 N–H and O–H groups in total. The van der Waals surface area contributed by atoms with E-state index < -0.39 is 0 Å². The van der Waals surface area contributed by atoms with Crippen molar-refractivity contribution in [3.05, 3.63) is 84.5 Å². The van der Waals surface area contributed by atoms with Crippen molar-refractivity contribution in [3.8, 4) is 16.9 Å². The van der Waals surface area contributed by atoms with E-state index in [9.17, 15) is 0 Å². The fourth-order valence-electron chi connectivity index (χ4n) is 4.72. The van der Waals surface area contributed by atoms with Gasteiger partial charge in [-0.2, -0.15) is 0 Å². The van der Waals surface area contributed by atoms with Gasteiger partial charge in [0.1, 0.15) is 29.3 Å². The van der Waals surface area contributed by atoms with Gasteiger partial charge in [-0.3, -0.25) is 4.90 Å². The Hall–Kier alpha value is -3.48. The van der Waals surface area contributed by atoms with Crippen LogP contribution in [0.15, 0.2) is 84.5 Å². The van der Waals surface area contributed by atoms with Crippen LogP contribution in [0.5, 0.6) is 5.75 Å². The Morgan fingerprint density at radius 2 is 1.62 bits per heavy atom. The largest absolute Gasteiger partial charge is 0.492 e. The molecule has 3 aromatic carbocycles. The molecule has 1 aliphatic rings. The third kappa shape index (κ3) is 4.11. The van der Waals surface area contributed by atoms with E-state index in [-0.39, 0.29) is 0 Å². The zero-order chi connectivity index (χ0) is 22.7. The summed E-state index contributed by atoms with van der Waals surface area (Å²) >= 11 is 1.69. The van der Waals surface area contributed by atoms with E-state index in [2.05, 4.69) is 93.0 Å². The Kier molecular flexibility index (Phi) is 5.83. The lowest BCUT2D eigenvalue weighted by Crippen LogP contribution is -2.47. The molecule has 3 heterocycles. The lowest BCUT2D eigenvalue weighted by Gasteiger charge is -2.35. The third-order valence-corrected chi connectivity index (χ3v) is 7.41. The van der Waals surface area contributed by atoms with Gasteiger partial charge in [0, 0.05) is 49.1 Å². The van der Waals surface area contributed by atoms with Crippen LogP contribution in [0.1, 0.15) is 0 Å². The molecule has 170 valence electrons. The van der Waals surface area contributed by atoms with Crippen molar-refractivity contribution in [2.45, 2.75) is 0 Å². The third-order valence-electron chi connectivity index (χ3n) is 6.52. The van der Waals surface area contributed by atoms with E-state index in [0.717, 1.165) is 49.1 Å². The van der Waals surface area contributed by atoms with Crippen molar-refractivity contribution >= 4 is 38.1 Å². The van der Waals surface area contributed by atoms with Crippen LogP contribution in [0.2, 0.25) is 0 Å². The van der Waals surface area contributed by atoms with Gasteiger partial charge in [-0.05, 0) is 17.0 Å². The molecular formula is C28H26N4OS. The Morgan fingerprint density at radius 3 is 2.50 bits per heavy atom. The summed E-state index contributed by atoms with van der Waals surface area (Å²) < 4.78 is 6.17. The molecule has 0 spiro atoms. The number of aromatic nitrogens is 2. The maximum absolute atomic E-state index is 6.17. The summed E-state index contributed by atoms with van der Waals surface area (Å²) in [6.07, 6.45) is 1.70. The fourth-order valence-corrected chi connectivity index (χ4v) is 5.63. The second kappa shape index (κ2) is 9.41. The van der Waals surface area contributed by atoms with E-state index in [1.54, 1.807) is 17.7 Å². The van der Waals surface area contributed by atoms with Gasteiger partial charge in [0.05, 0.1) is 5.39 Å². The monoisotopic (exact) mass is 466 g/mol. The van der Waals surface area contributed by atoms with Crippen LogP contribution in [0.25, 0.3) is 32.1 Å². The minimum absolute atomic E-state index is 0.689. The zero-order valence-electron chi connectivity index (χ0n) is 18.9. The van der Waals surface area contributed by atoms with Crippen LogP contribution >= 0.6 is 11.3 Å². The summed E-state index contributed by atoms with van der Waals surface area (Å²) in [7, 11) is 0. The molecule has 0 unspecified atom stereocenters. The molecule has 2 aromatic heterocycles. The number of thiophene rings is 1. The van der Waals surface area contributed by atoms with Gasteiger partial charge in [0.15, 0.2) is 0 Å². The van der Waals surface area contributed by atoms with E-state index >= 15 is 0 Å². The minimum atomic E-state index is 0.689. The van der Waals surface area contributed by atoms with Crippen LogP contribution in [-0.2, 0) is 0 Å². The van der Waals surface area contributed by atoms with Crippen LogP contribution in [0.4, 0.5) is 5.82 Å². The standard InChI is InChI=1S/C28H26N4OS/c1-2-7-22(8-3-1)24-19-34-28-26(24)27(29-20-30-28)32-15-13-31(14-16-32)17-18-33-25-12-6-10-21-9-4-5-11-23(21)25/h1-12,19-20H,13-18H2. The molecule has 5 aromatic rings. The van der Waals surface area contributed by atoms with Crippen molar-refractivity contribution in [2.24, 2.45) is 0 Å². The first-order valence-electron chi connectivity index (χ1n) is 11.7. The normalized spacial score (nSPS) is 14.6. The van der Waals surface area contributed by atoms with Crippen LogP contribution in [0, 0.1) is 0 Å². The van der Waals surface area contributed by atoms with Crippen molar-refractivity contribution in [3.63, 3.8) is 0 Å². The number of hydrogen-bond donors (Lipinski definition) is 0. The van der Waals surface area contributed by atoms with E-state index in [0.29, 0.717) is 6.61 Å². The first-order chi connectivity index (χ1) is 16.9. The average molecular weight is 467 g/mol. The molecule has 6 heteroatoms. The van der Waals surface area contributed by atoms with Gasteiger partial charge in [-0.25, -0.2) is 9.97 Å². The highest BCUT2D eigenvalue weighted by molar-refractivity contribution is 7.17. The molecule has 0 radical (unpaired) electrons. The van der Waals surface area contributed by atoms with Gasteiger partial charge >= 0.3 is 0 Å². The maximum atomic E-state index is 6.17. The summed E-state index contributed by atoms with van der Waals surface area (Å²) in [5.74, 6) is 2.02. The smallest absolute Gasteiger partial charge is 0.141 e. The zero-order valence-corrected chi connectivity index (χ0v) is 19.7. The number of ether oxygens (including phenoxy) is 1. The highest BCUT2D eigenvalue weighted by Crippen LogP contribution is 2.38. The molecule has 0 saturated carbocycles. The summed E-state index contributed by atoms with van der Waals surface area (Å²) in [5, 5.41) is 5.77. The van der Waals surface area contributed by atoms with Crippen molar-refractivity contribution in [1.82, 2.24) is 14.9 Å². The highest BCUT2D eigenvalue weighted by Gasteiger charge is 2.22. The van der Waals surface area contributed by atoms with Gasteiger partial charge in [0.25, 0.3) is 0 Å². The van der Waals surface area contributed by atoms with Gasteiger partial charge in [-0.1, -0.05) is 66.7 Å². The van der Waals surface area contributed by atoms with Crippen molar-refractivity contribution in [2.75, 3.05) is 44.2 Å². The van der Waals surface area contributed by atoms with Crippen molar-refractivity contribution < 1.29 is 4.74 Å². The molecule has 0 atom stereocenters. The second-order valence-electron chi connectivity index (χ2n) is 8.55. The minimum Gasteiger partial charge on any atom is -0.492 e. The van der Waals surface area contributed by atoms with Gasteiger partial charge in [-0.15, -0.1) is 11.3 Å². The number of fused-ring (bicyclic) bond motifs is 2. The Bertz CT molecular complexity index is 1400. The van der Waals surface area contributed by atoms with Gasteiger partial charge in [0.2, 0.25) is 0 Å². The first-order valence-corrected chi connectivity index (χ1v) is 12.6. The Labute approximate surface area is 203 Å². The highest BCUT2D eigenvalue weighted by atomic mass is 32.1. The SMILES string of the molecule is c1ccc(-c2csc3ncnc(N4CCN(CCOc5cccc6ccccc56)CC4)c23)cc1. The lowest BCUT2D eigenvalue weighted by atomic mass is 10.1. The predicted octanol–water partition coefficient (Wildman–Crippen LogP) is 5.71. The second-order valence-corrected chi connectivity index (χ2v) is 9.41. The molecule has 5 nitrogen and oxygen atoms in total. The van der Waals surface area contributed by atoms with E-state index in [4.69, 9.17) is 9.72 Å². The Morgan fingerprint density at radius 1 is 0.824 bits per heavy atom. The molecule has 0 amide bonds. The van der Waals surface area contributed by atoms with E-state index in [1.165, 1.54) is 27.3 Å². The molecule has 1 fully saturated rings. The van der Waals surface area contributed by atoms with Crippen LogP contribution in [0.3, 0.4) is 0 Å². The predicted molar refractivity (Wildman–Crippen MR) is 141 cm³/mol. The Balaban J connectivity index is 1.12. The first kappa shape index (κ1) is 21.1. The summed E-state index contributed by atoms with van der Waals surface area (Å²) in [5.41, 5.74) is 2.44.